The molecule has 2 aromatic carbocycles. The maximum Gasteiger partial charge on any atom is 0.271 e. The average molecular weight is 430 g/mol. The van der Waals surface area contributed by atoms with Crippen LogP contribution in [0.5, 0.6) is 11.5 Å². The maximum atomic E-state index is 12.0. The number of carbonyl (C=O) groups is 1. The molecule has 0 spiro atoms. The fourth-order valence-electron chi connectivity index (χ4n) is 2.44. The molecule has 1 heterocycles. The molecule has 1 N–H and O–H groups in total. The van der Waals surface area contributed by atoms with Gasteiger partial charge in [-0.1, -0.05) is 29.3 Å². The Morgan fingerprint density at radius 2 is 1.83 bits per heavy atom. The number of nitrogens with one attached hydrogen (secondary N) is 1. The fourth-order valence-corrected chi connectivity index (χ4v) is 2.94. The third-order valence-corrected chi connectivity index (χ3v) is 4.65. The van der Waals surface area contributed by atoms with Crippen molar-refractivity contribution in [2.75, 3.05) is 7.11 Å². The SMILES string of the molecule is COc1cc(/C=N\NC(=O)c2ccncc2)ccc1OCc1c(Cl)cccc1Cl. The van der Waals surface area contributed by atoms with E-state index in [0.29, 0.717) is 32.7 Å². The highest BCUT2D eigenvalue weighted by atomic mass is 35.5. The molecule has 0 atom stereocenters. The highest BCUT2D eigenvalue weighted by Crippen LogP contribution is 2.31. The third kappa shape index (κ3) is 5.47. The van der Waals surface area contributed by atoms with Crippen molar-refractivity contribution in [3.05, 3.63) is 87.7 Å². The zero-order chi connectivity index (χ0) is 20.6. The lowest BCUT2D eigenvalue weighted by atomic mass is 10.2. The number of hydrazone groups is 1. The minimum Gasteiger partial charge on any atom is -0.493 e. The van der Waals surface area contributed by atoms with E-state index >= 15 is 0 Å². The number of carbonyl (C=O) groups excluding carboxylic acids is 1. The van der Waals surface area contributed by atoms with Gasteiger partial charge in [-0.25, -0.2) is 5.43 Å². The Morgan fingerprint density at radius 1 is 1.10 bits per heavy atom. The van der Waals surface area contributed by atoms with Gasteiger partial charge in [0.15, 0.2) is 11.5 Å². The van der Waals surface area contributed by atoms with Crippen molar-refractivity contribution < 1.29 is 14.3 Å². The van der Waals surface area contributed by atoms with Crippen LogP contribution in [0.1, 0.15) is 21.5 Å². The van der Waals surface area contributed by atoms with Crippen molar-refractivity contribution in [2.45, 2.75) is 6.61 Å². The number of benzene rings is 2. The summed E-state index contributed by atoms with van der Waals surface area (Å²) in [7, 11) is 1.54. The smallest absolute Gasteiger partial charge is 0.271 e. The summed E-state index contributed by atoms with van der Waals surface area (Å²) in [6, 6.07) is 13.8. The van der Waals surface area contributed by atoms with Crippen LogP contribution < -0.4 is 14.9 Å². The van der Waals surface area contributed by atoms with Gasteiger partial charge in [0.25, 0.3) is 5.91 Å². The molecule has 0 aliphatic carbocycles. The number of halogens is 2. The van der Waals surface area contributed by atoms with Gasteiger partial charge in [0, 0.05) is 33.6 Å². The number of hydrogen-bond donors (Lipinski definition) is 1. The second kappa shape index (κ2) is 9.91. The summed E-state index contributed by atoms with van der Waals surface area (Å²) in [6.45, 7) is 0.199. The lowest BCUT2D eigenvalue weighted by Crippen LogP contribution is -2.17. The summed E-state index contributed by atoms with van der Waals surface area (Å²) in [4.78, 5) is 15.8. The zero-order valence-corrected chi connectivity index (χ0v) is 16.9. The third-order valence-electron chi connectivity index (χ3n) is 3.94. The molecule has 0 aliphatic heterocycles. The molecular weight excluding hydrogens is 413 g/mol. The van der Waals surface area contributed by atoms with E-state index < -0.39 is 0 Å². The predicted molar refractivity (Wildman–Crippen MR) is 113 cm³/mol. The minimum absolute atomic E-state index is 0.199. The van der Waals surface area contributed by atoms with E-state index in [2.05, 4.69) is 15.5 Å². The average Bonchev–Trinajstić information content (AvgIpc) is 2.74. The van der Waals surface area contributed by atoms with Crippen LogP contribution in [0, 0.1) is 0 Å². The summed E-state index contributed by atoms with van der Waals surface area (Å²) in [6.07, 6.45) is 4.59. The molecule has 0 bridgehead atoms. The highest BCUT2D eigenvalue weighted by molar-refractivity contribution is 6.35. The summed E-state index contributed by atoms with van der Waals surface area (Å²) >= 11 is 12.3. The summed E-state index contributed by atoms with van der Waals surface area (Å²) in [5.74, 6) is 0.714. The minimum atomic E-state index is -0.327. The Balaban J connectivity index is 1.66. The van der Waals surface area contributed by atoms with E-state index in [1.165, 1.54) is 25.7 Å². The number of pyridine rings is 1. The zero-order valence-electron chi connectivity index (χ0n) is 15.4. The largest absolute Gasteiger partial charge is 0.493 e. The van der Waals surface area contributed by atoms with Crippen molar-refractivity contribution >= 4 is 35.3 Å². The molecule has 148 valence electrons. The first-order valence-electron chi connectivity index (χ1n) is 8.55. The van der Waals surface area contributed by atoms with Crippen LogP contribution in [-0.4, -0.2) is 24.2 Å². The number of aromatic nitrogens is 1. The molecule has 8 heteroatoms. The Kier molecular flexibility index (Phi) is 7.05. The summed E-state index contributed by atoms with van der Waals surface area (Å²) in [5, 5.41) is 5.03. The van der Waals surface area contributed by atoms with Gasteiger partial charge >= 0.3 is 0 Å². The number of ether oxygens (including phenoxy) is 2. The quantitative estimate of drug-likeness (QED) is 0.434. The lowest BCUT2D eigenvalue weighted by Gasteiger charge is -2.13. The summed E-state index contributed by atoms with van der Waals surface area (Å²) in [5.41, 5.74) is 4.35. The molecule has 1 amide bonds. The highest BCUT2D eigenvalue weighted by Gasteiger charge is 2.10. The molecule has 0 fully saturated rings. The second-order valence-corrected chi connectivity index (χ2v) is 6.65. The lowest BCUT2D eigenvalue weighted by molar-refractivity contribution is 0.0955. The second-order valence-electron chi connectivity index (χ2n) is 5.83. The molecule has 0 saturated heterocycles. The van der Waals surface area contributed by atoms with E-state index in [-0.39, 0.29) is 12.5 Å². The van der Waals surface area contributed by atoms with Gasteiger partial charge in [0.2, 0.25) is 0 Å². The molecule has 0 unspecified atom stereocenters. The fraction of sp³-hybridized carbons (Fsp3) is 0.0952. The normalized spacial score (nSPS) is 10.7. The van der Waals surface area contributed by atoms with Crippen LogP contribution in [0.4, 0.5) is 0 Å². The number of nitrogens with zero attached hydrogens (tertiary/aromatic N) is 2. The van der Waals surface area contributed by atoms with Crippen LogP contribution in [0.25, 0.3) is 0 Å². The van der Waals surface area contributed by atoms with Crippen molar-refractivity contribution in [1.82, 2.24) is 10.4 Å². The molecule has 6 nitrogen and oxygen atoms in total. The van der Waals surface area contributed by atoms with Crippen molar-refractivity contribution in [3.63, 3.8) is 0 Å². The van der Waals surface area contributed by atoms with Crippen LogP contribution in [0.15, 0.2) is 66.0 Å². The van der Waals surface area contributed by atoms with E-state index in [4.69, 9.17) is 32.7 Å². The maximum absolute atomic E-state index is 12.0. The van der Waals surface area contributed by atoms with Crippen molar-refractivity contribution in [2.24, 2.45) is 5.10 Å². The van der Waals surface area contributed by atoms with Gasteiger partial charge in [-0.2, -0.15) is 5.10 Å². The number of amides is 1. The van der Waals surface area contributed by atoms with Gasteiger partial charge < -0.3 is 9.47 Å². The van der Waals surface area contributed by atoms with Crippen molar-refractivity contribution in [3.8, 4) is 11.5 Å². The van der Waals surface area contributed by atoms with E-state index in [0.717, 1.165) is 5.56 Å². The van der Waals surface area contributed by atoms with Crippen molar-refractivity contribution in [1.29, 1.82) is 0 Å². The van der Waals surface area contributed by atoms with Gasteiger partial charge in [0.05, 0.1) is 13.3 Å². The van der Waals surface area contributed by atoms with E-state index in [1.807, 2.05) is 0 Å². The Hall–Kier alpha value is -3.09. The van der Waals surface area contributed by atoms with Gasteiger partial charge in [-0.3, -0.25) is 9.78 Å². The Bertz CT molecular complexity index is 1010. The number of hydrogen-bond acceptors (Lipinski definition) is 5. The molecule has 0 saturated carbocycles. The monoisotopic (exact) mass is 429 g/mol. The van der Waals surface area contributed by atoms with Crippen LogP contribution in [0.3, 0.4) is 0 Å². The first-order chi connectivity index (χ1) is 14.1. The molecule has 0 radical (unpaired) electrons. The first kappa shape index (κ1) is 20.6. The molecule has 29 heavy (non-hydrogen) atoms. The number of rotatable bonds is 7. The molecule has 3 aromatic rings. The molecule has 0 aliphatic rings. The van der Waals surface area contributed by atoms with Gasteiger partial charge in [-0.05, 0) is 48.0 Å². The first-order valence-corrected chi connectivity index (χ1v) is 9.31. The van der Waals surface area contributed by atoms with Gasteiger partial charge in [0.1, 0.15) is 6.61 Å². The van der Waals surface area contributed by atoms with Crippen LogP contribution in [-0.2, 0) is 6.61 Å². The number of methoxy groups -OCH3 is 1. The standard InChI is InChI=1S/C21H17Cl2N3O3/c1-28-20-11-14(12-25-26-21(27)15-7-9-24-10-8-15)5-6-19(20)29-13-16-17(22)3-2-4-18(16)23/h2-12H,13H2,1H3,(H,26,27)/b25-12-. The van der Waals surface area contributed by atoms with E-state index in [1.54, 1.807) is 48.5 Å². The van der Waals surface area contributed by atoms with E-state index in [9.17, 15) is 4.79 Å². The predicted octanol–water partition coefficient (Wildman–Crippen LogP) is 4.74. The summed E-state index contributed by atoms with van der Waals surface area (Å²) < 4.78 is 11.2. The van der Waals surface area contributed by atoms with Gasteiger partial charge in [-0.15, -0.1) is 0 Å². The Morgan fingerprint density at radius 3 is 2.52 bits per heavy atom. The topological polar surface area (TPSA) is 72.8 Å². The molecule has 1 aromatic heterocycles. The Labute approximate surface area is 178 Å². The molecule has 3 rings (SSSR count). The van der Waals surface area contributed by atoms with Crippen LogP contribution in [0.2, 0.25) is 10.0 Å². The molecular formula is C21H17Cl2N3O3. The van der Waals surface area contributed by atoms with Crippen LogP contribution >= 0.6 is 23.2 Å².